The Morgan fingerprint density at radius 1 is 1.08 bits per heavy atom. The van der Waals surface area contributed by atoms with E-state index in [1.54, 1.807) is 23.1 Å². The lowest BCUT2D eigenvalue weighted by molar-refractivity contribution is -0.122. The summed E-state index contributed by atoms with van der Waals surface area (Å²) < 4.78 is 13.1. The van der Waals surface area contributed by atoms with Crippen molar-refractivity contribution in [3.8, 4) is 11.5 Å². The molecule has 1 aliphatic rings. The van der Waals surface area contributed by atoms with Crippen molar-refractivity contribution >= 4 is 45.1 Å². The zero-order valence-corrected chi connectivity index (χ0v) is 20.6. The molecule has 0 unspecified atom stereocenters. The van der Waals surface area contributed by atoms with Crippen LogP contribution >= 0.6 is 0 Å². The fraction of sp³-hybridized carbons (Fsp3) is 0.214. The second-order valence-electron chi connectivity index (χ2n) is 9.83. The van der Waals surface area contributed by atoms with Crippen LogP contribution in [0.3, 0.4) is 0 Å². The van der Waals surface area contributed by atoms with E-state index < -0.39 is 5.41 Å². The van der Waals surface area contributed by atoms with Gasteiger partial charge in [-0.2, -0.15) is 5.10 Å². The molecule has 186 valence electrons. The molecule has 0 spiro atoms. The molecule has 37 heavy (non-hydrogen) atoms. The van der Waals surface area contributed by atoms with Gasteiger partial charge >= 0.3 is 0 Å². The molecule has 6 rings (SSSR count). The number of aromatic amines is 2. The molecule has 1 aliphatic heterocycles. The minimum Gasteiger partial charge on any atom is -0.337 e. The van der Waals surface area contributed by atoms with Gasteiger partial charge < -0.3 is 15.2 Å². The van der Waals surface area contributed by atoms with E-state index in [1.807, 2.05) is 45.0 Å². The Kier molecular flexibility index (Phi) is 5.11. The van der Waals surface area contributed by atoms with Gasteiger partial charge in [0.15, 0.2) is 5.82 Å². The molecule has 2 aromatic heterocycles. The van der Waals surface area contributed by atoms with Gasteiger partial charge in [-0.3, -0.25) is 14.7 Å². The van der Waals surface area contributed by atoms with Crippen LogP contribution in [0.25, 0.3) is 33.5 Å². The third-order valence-corrected chi connectivity index (χ3v) is 7.01. The topological polar surface area (TPSA) is 107 Å². The van der Waals surface area contributed by atoms with E-state index in [4.69, 9.17) is 4.98 Å². The average Bonchev–Trinajstić information content (AvgIpc) is 3.52. The van der Waals surface area contributed by atoms with Crippen molar-refractivity contribution in [2.75, 3.05) is 16.8 Å². The van der Waals surface area contributed by atoms with Gasteiger partial charge in [0.05, 0.1) is 34.1 Å². The lowest BCUT2D eigenvalue weighted by Gasteiger charge is -2.18. The molecule has 0 saturated carbocycles. The van der Waals surface area contributed by atoms with Gasteiger partial charge in [0, 0.05) is 17.6 Å². The second-order valence-corrected chi connectivity index (χ2v) is 9.83. The quantitative estimate of drug-likeness (QED) is 0.316. The first kappa shape index (κ1) is 22.9. The molecular formula is C28H25FN6O2. The number of nitrogens with one attached hydrogen (secondary N) is 3. The van der Waals surface area contributed by atoms with E-state index in [-0.39, 0.29) is 24.1 Å². The summed E-state index contributed by atoms with van der Waals surface area (Å²) in [6.45, 7) is 6.45. The SMILES string of the molecule is CCN1C(=O)C(C)(C)c2cc3[nH]c(-c4n[nH]c5ccc(NC(=O)Cc6ccc(F)cc6)cc45)nc3cc21. The first-order valence-corrected chi connectivity index (χ1v) is 12.1. The highest BCUT2D eigenvalue weighted by atomic mass is 19.1. The molecule has 0 aliphatic carbocycles. The Morgan fingerprint density at radius 2 is 1.86 bits per heavy atom. The van der Waals surface area contributed by atoms with Crippen LogP contribution in [0.5, 0.6) is 0 Å². The van der Waals surface area contributed by atoms with Crippen molar-refractivity contribution in [2.24, 2.45) is 0 Å². The lowest BCUT2D eigenvalue weighted by atomic mass is 9.86. The maximum Gasteiger partial charge on any atom is 0.237 e. The number of hydrogen-bond acceptors (Lipinski definition) is 4. The summed E-state index contributed by atoms with van der Waals surface area (Å²) in [4.78, 5) is 35.4. The summed E-state index contributed by atoms with van der Waals surface area (Å²) in [5, 5.41) is 11.2. The third kappa shape index (κ3) is 3.74. The van der Waals surface area contributed by atoms with Crippen LogP contribution in [-0.4, -0.2) is 38.5 Å². The van der Waals surface area contributed by atoms with Crippen LogP contribution < -0.4 is 10.2 Å². The number of nitrogens with zero attached hydrogens (tertiary/aromatic N) is 3. The molecule has 0 atom stereocenters. The van der Waals surface area contributed by atoms with Gasteiger partial charge in [-0.25, -0.2) is 9.37 Å². The number of benzene rings is 3. The summed E-state index contributed by atoms with van der Waals surface area (Å²) in [7, 11) is 0. The number of halogens is 1. The van der Waals surface area contributed by atoms with Gasteiger partial charge in [-0.15, -0.1) is 0 Å². The minimum absolute atomic E-state index is 0.0881. The van der Waals surface area contributed by atoms with E-state index in [1.165, 1.54) is 12.1 Å². The zero-order chi connectivity index (χ0) is 25.9. The molecule has 3 N–H and O–H groups in total. The van der Waals surface area contributed by atoms with Crippen molar-refractivity contribution < 1.29 is 14.0 Å². The van der Waals surface area contributed by atoms with Gasteiger partial charge in [0.2, 0.25) is 11.8 Å². The summed E-state index contributed by atoms with van der Waals surface area (Å²) >= 11 is 0. The highest BCUT2D eigenvalue weighted by Gasteiger charge is 2.43. The Labute approximate surface area is 211 Å². The molecule has 0 fully saturated rings. The zero-order valence-electron chi connectivity index (χ0n) is 20.6. The van der Waals surface area contributed by atoms with Crippen LogP contribution in [0.15, 0.2) is 54.6 Å². The van der Waals surface area contributed by atoms with Gasteiger partial charge in [0.1, 0.15) is 11.5 Å². The predicted molar refractivity (Wildman–Crippen MR) is 141 cm³/mol. The first-order valence-electron chi connectivity index (χ1n) is 12.1. The summed E-state index contributed by atoms with van der Waals surface area (Å²) in [5.41, 5.74) is 5.61. The van der Waals surface area contributed by atoms with E-state index in [0.717, 1.165) is 38.8 Å². The molecule has 0 bridgehead atoms. The minimum atomic E-state index is -0.606. The van der Waals surface area contributed by atoms with Crippen molar-refractivity contribution in [3.05, 3.63) is 71.5 Å². The van der Waals surface area contributed by atoms with E-state index in [2.05, 4.69) is 20.5 Å². The van der Waals surface area contributed by atoms with E-state index >= 15 is 0 Å². The number of H-pyrrole nitrogens is 2. The van der Waals surface area contributed by atoms with Crippen LogP contribution in [-0.2, 0) is 21.4 Å². The van der Waals surface area contributed by atoms with Gasteiger partial charge in [-0.05, 0) is 74.4 Å². The number of rotatable bonds is 5. The number of aromatic nitrogens is 4. The smallest absolute Gasteiger partial charge is 0.237 e. The number of fused-ring (bicyclic) bond motifs is 3. The molecule has 8 nitrogen and oxygen atoms in total. The molecule has 5 aromatic rings. The Bertz CT molecular complexity index is 1700. The number of carbonyl (C=O) groups is 2. The van der Waals surface area contributed by atoms with Crippen LogP contribution in [0.2, 0.25) is 0 Å². The Hall–Kier alpha value is -4.53. The second kappa shape index (κ2) is 8.26. The summed E-state index contributed by atoms with van der Waals surface area (Å²) in [6, 6.07) is 15.3. The number of amides is 2. The normalized spacial score (nSPS) is 14.5. The number of hydrogen-bond donors (Lipinski definition) is 3. The molecule has 3 heterocycles. The molecule has 3 aromatic carbocycles. The van der Waals surface area contributed by atoms with E-state index in [9.17, 15) is 14.0 Å². The number of likely N-dealkylation sites (N-methyl/N-ethyl adjacent to an activating group) is 1. The fourth-order valence-corrected chi connectivity index (χ4v) is 5.02. The van der Waals surface area contributed by atoms with Crippen molar-refractivity contribution in [1.29, 1.82) is 0 Å². The predicted octanol–water partition coefficient (Wildman–Crippen LogP) is 5.07. The fourth-order valence-electron chi connectivity index (χ4n) is 5.02. The van der Waals surface area contributed by atoms with E-state index in [0.29, 0.717) is 23.8 Å². The van der Waals surface area contributed by atoms with Crippen molar-refractivity contribution in [1.82, 2.24) is 20.2 Å². The average molecular weight is 497 g/mol. The van der Waals surface area contributed by atoms with Crippen LogP contribution in [0, 0.1) is 5.82 Å². The van der Waals surface area contributed by atoms with Crippen molar-refractivity contribution in [3.63, 3.8) is 0 Å². The first-order chi connectivity index (χ1) is 17.7. The standard InChI is InChI=1S/C28H25FN6O2/c1-4-35-23-14-22-21(13-19(23)28(2,3)27(35)37)31-26(32-22)25-18-12-17(9-10-20(18)33-34-25)30-24(36)11-15-5-7-16(29)8-6-15/h5-10,12-14H,4,11H2,1-3H3,(H,30,36)(H,31,32)(H,33,34). The van der Waals surface area contributed by atoms with Gasteiger partial charge in [-0.1, -0.05) is 12.1 Å². The molecule has 0 radical (unpaired) electrons. The Morgan fingerprint density at radius 3 is 2.62 bits per heavy atom. The highest BCUT2D eigenvalue weighted by Crippen LogP contribution is 2.43. The molecule has 0 saturated heterocycles. The van der Waals surface area contributed by atoms with Crippen LogP contribution in [0.1, 0.15) is 31.9 Å². The number of imidazole rings is 1. The van der Waals surface area contributed by atoms with Crippen LogP contribution in [0.4, 0.5) is 15.8 Å². The molecule has 9 heteroatoms. The number of carbonyl (C=O) groups excluding carboxylic acids is 2. The highest BCUT2D eigenvalue weighted by molar-refractivity contribution is 6.09. The monoisotopic (exact) mass is 496 g/mol. The van der Waals surface area contributed by atoms with Gasteiger partial charge in [0.25, 0.3) is 0 Å². The maximum absolute atomic E-state index is 13.1. The molecule has 2 amide bonds. The number of anilines is 2. The maximum atomic E-state index is 13.1. The summed E-state index contributed by atoms with van der Waals surface area (Å²) in [6.07, 6.45) is 0.137. The summed E-state index contributed by atoms with van der Waals surface area (Å²) in [5.74, 6) is 0.140. The van der Waals surface area contributed by atoms with Crippen molar-refractivity contribution in [2.45, 2.75) is 32.6 Å². The largest absolute Gasteiger partial charge is 0.337 e. The Balaban J connectivity index is 1.33. The molecular weight excluding hydrogens is 471 g/mol. The third-order valence-electron chi connectivity index (χ3n) is 7.01. The lowest BCUT2D eigenvalue weighted by Crippen LogP contribution is -2.35.